The minimum atomic E-state index is -0.233. The lowest BCUT2D eigenvalue weighted by atomic mass is 9.98. The van der Waals surface area contributed by atoms with Crippen LogP contribution in [-0.2, 0) is 9.47 Å². The summed E-state index contributed by atoms with van der Waals surface area (Å²) in [6.07, 6.45) is 3.04. The molecule has 3 heteroatoms. The van der Waals surface area contributed by atoms with Crippen LogP contribution in [0.2, 0.25) is 0 Å². The summed E-state index contributed by atoms with van der Waals surface area (Å²) in [6, 6.07) is 0.525. The van der Waals surface area contributed by atoms with Crippen molar-refractivity contribution in [1.82, 2.24) is 5.32 Å². The van der Waals surface area contributed by atoms with E-state index in [1.807, 2.05) is 0 Å². The first-order valence-electron chi connectivity index (χ1n) is 4.82. The lowest BCUT2D eigenvalue weighted by Gasteiger charge is -2.42. The van der Waals surface area contributed by atoms with Crippen LogP contribution in [0.5, 0.6) is 0 Å². The van der Waals surface area contributed by atoms with E-state index in [0.717, 1.165) is 39.0 Å². The van der Waals surface area contributed by atoms with Crippen LogP contribution in [0.4, 0.5) is 0 Å². The van der Waals surface area contributed by atoms with Crippen molar-refractivity contribution in [3.05, 3.63) is 0 Å². The summed E-state index contributed by atoms with van der Waals surface area (Å²) >= 11 is 0. The maximum atomic E-state index is 5.71. The van der Waals surface area contributed by atoms with Gasteiger partial charge in [-0.25, -0.2) is 0 Å². The van der Waals surface area contributed by atoms with Crippen LogP contribution in [0.25, 0.3) is 0 Å². The third-order valence-corrected chi connectivity index (χ3v) is 2.63. The molecule has 70 valence electrons. The lowest BCUT2D eigenvalue weighted by Crippen LogP contribution is -2.52. The molecule has 1 unspecified atom stereocenters. The molecular weight excluding hydrogens is 154 g/mol. The second kappa shape index (κ2) is 3.32. The van der Waals surface area contributed by atoms with E-state index in [-0.39, 0.29) is 5.79 Å². The largest absolute Gasteiger partial charge is 0.350 e. The molecule has 2 saturated heterocycles. The molecule has 0 aromatic rings. The molecule has 2 heterocycles. The van der Waals surface area contributed by atoms with E-state index in [1.165, 1.54) is 0 Å². The van der Waals surface area contributed by atoms with Crippen LogP contribution >= 0.6 is 0 Å². The molecule has 0 saturated carbocycles. The molecule has 2 aliphatic heterocycles. The number of ether oxygens (including phenoxy) is 2. The van der Waals surface area contributed by atoms with E-state index in [4.69, 9.17) is 9.47 Å². The van der Waals surface area contributed by atoms with Crippen molar-refractivity contribution in [2.75, 3.05) is 19.8 Å². The molecule has 0 aliphatic carbocycles. The Balaban J connectivity index is 1.97. The standard InChI is InChI=1S/C9H17NO2/c1-8-7-9(3-4-10-8)11-5-2-6-12-9/h8,10H,2-7H2,1H3. The van der Waals surface area contributed by atoms with Gasteiger partial charge >= 0.3 is 0 Å². The molecule has 12 heavy (non-hydrogen) atoms. The van der Waals surface area contributed by atoms with Gasteiger partial charge in [0.05, 0.1) is 13.2 Å². The van der Waals surface area contributed by atoms with Crippen LogP contribution in [-0.4, -0.2) is 31.6 Å². The molecule has 3 nitrogen and oxygen atoms in total. The van der Waals surface area contributed by atoms with Crippen LogP contribution in [0.3, 0.4) is 0 Å². The van der Waals surface area contributed by atoms with Crippen LogP contribution in [0.1, 0.15) is 26.2 Å². The van der Waals surface area contributed by atoms with E-state index in [9.17, 15) is 0 Å². The van der Waals surface area contributed by atoms with Crippen molar-refractivity contribution in [2.24, 2.45) is 0 Å². The number of nitrogens with one attached hydrogen (secondary N) is 1. The van der Waals surface area contributed by atoms with Crippen molar-refractivity contribution in [2.45, 2.75) is 38.0 Å². The normalized spacial score (nSPS) is 35.2. The third-order valence-electron chi connectivity index (χ3n) is 2.63. The maximum Gasteiger partial charge on any atom is 0.170 e. The summed E-state index contributed by atoms with van der Waals surface area (Å²) in [5.74, 6) is -0.233. The van der Waals surface area contributed by atoms with Gasteiger partial charge in [0.2, 0.25) is 0 Å². The van der Waals surface area contributed by atoms with E-state index in [0.29, 0.717) is 6.04 Å². The number of hydrogen-bond acceptors (Lipinski definition) is 3. The Bertz CT molecular complexity index is 149. The number of hydrogen-bond donors (Lipinski definition) is 1. The molecule has 0 radical (unpaired) electrons. The minimum absolute atomic E-state index is 0.233. The number of piperidine rings is 1. The van der Waals surface area contributed by atoms with Gasteiger partial charge in [0.15, 0.2) is 5.79 Å². The average molecular weight is 171 g/mol. The molecule has 0 aromatic heterocycles. The van der Waals surface area contributed by atoms with Gasteiger partial charge in [0.25, 0.3) is 0 Å². The van der Waals surface area contributed by atoms with Crippen molar-refractivity contribution >= 4 is 0 Å². The monoisotopic (exact) mass is 171 g/mol. The first kappa shape index (κ1) is 8.48. The Morgan fingerprint density at radius 1 is 1.33 bits per heavy atom. The quantitative estimate of drug-likeness (QED) is 0.587. The summed E-state index contributed by atoms with van der Waals surface area (Å²) in [4.78, 5) is 0. The lowest BCUT2D eigenvalue weighted by molar-refractivity contribution is -0.280. The second-order valence-electron chi connectivity index (χ2n) is 3.77. The Morgan fingerprint density at radius 2 is 2.08 bits per heavy atom. The maximum absolute atomic E-state index is 5.71. The van der Waals surface area contributed by atoms with Crippen molar-refractivity contribution in [3.63, 3.8) is 0 Å². The molecule has 2 rings (SSSR count). The fourth-order valence-corrected chi connectivity index (χ4v) is 2.03. The highest BCUT2D eigenvalue weighted by atomic mass is 16.7. The van der Waals surface area contributed by atoms with Crippen molar-refractivity contribution in [3.8, 4) is 0 Å². The average Bonchev–Trinajstić information content (AvgIpc) is 2.05. The van der Waals surface area contributed by atoms with E-state index >= 15 is 0 Å². The van der Waals surface area contributed by atoms with Crippen LogP contribution in [0.15, 0.2) is 0 Å². The SMILES string of the molecule is CC1CC2(CCN1)OCCCO2. The molecule has 2 aliphatic rings. The van der Waals surface area contributed by atoms with Gasteiger partial charge in [-0.2, -0.15) is 0 Å². The smallest absolute Gasteiger partial charge is 0.170 e. The van der Waals surface area contributed by atoms with Crippen molar-refractivity contribution < 1.29 is 9.47 Å². The van der Waals surface area contributed by atoms with Gasteiger partial charge in [0.1, 0.15) is 0 Å². The third kappa shape index (κ3) is 1.63. The molecule has 0 amide bonds. The van der Waals surface area contributed by atoms with Crippen LogP contribution in [0, 0.1) is 0 Å². The Labute approximate surface area is 73.4 Å². The Kier molecular flexibility index (Phi) is 2.35. The highest BCUT2D eigenvalue weighted by molar-refractivity contribution is 4.84. The summed E-state index contributed by atoms with van der Waals surface area (Å²) in [5, 5.41) is 3.39. The highest BCUT2D eigenvalue weighted by Crippen LogP contribution is 2.30. The fraction of sp³-hybridized carbons (Fsp3) is 1.00. The van der Waals surface area contributed by atoms with E-state index < -0.39 is 0 Å². The summed E-state index contributed by atoms with van der Waals surface area (Å²) in [7, 11) is 0. The molecule has 2 fully saturated rings. The zero-order valence-electron chi connectivity index (χ0n) is 7.64. The first-order chi connectivity index (χ1) is 5.81. The molecule has 1 N–H and O–H groups in total. The van der Waals surface area contributed by atoms with Gasteiger partial charge in [-0.15, -0.1) is 0 Å². The summed E-state index contributed by atoms with van der Waals surface area (Å²) in [5.41, 5.74) is 0. The van der Waals surface area contributed by atoms with E-state index in [1.54, 1.807) is 0 Å². The predicted molar refractivity (Wildman–Crippen MR) is 46.0 cm³/mol. The molecule has 1 atom stereocenters. The van der Waals surface area contributed by atoms with E-state index in [2.05, 4.69) is 12.2 Å². The predicted octanol–water partition coefficient (Wildman–Crippen LogP) is 0.891. The van der Waals surface area contributed by atoms with Gasteiger partial charge in [-0.1, -0.05) is 0 Å². The minimum Gasteiger partial charge on any atom is -0.350 e. The highest BCUT2D eigenvalue weighted by Gasteiger charge is 2.38. The summed E-state index contributed by atoms with van der Waals surface area (Å²) in [6.45, 7) is 4.93. The first-order valence-corrected chi connectivity index (χ1v) is 4.82. The van der Waals surface area contributed by atoms with Crippen molar-refractivity contribution in [1.29, 1.82) is 0 Å². The molecular formula is C9H17NO2. The summed E-state index contributed by atoms with van der Waals surface area (Å²) < 4.78 is 11.4. The molecule has 0 bridgehead atoms. The zero-order valence-corrected chi connectivity index (χ0v) is 7.64. The fourth-order valence-electron chi connectivity index (χ4n) is 2.03. The van der Waals surface area contributed by atoms with Gasteiger partial charge in [-0.3, -0.25) is 0 Å². The molecule has 0 aromatic carbocycles. The zero-order chi connectivity index (χ0) is 8.44. The van der Waals surface area contributed by atoms with Crippen LogP contribution < -0.4 is 5.32 Å². The topological polar surface area (TPSA) is 30.5 Å². The Hall–Kier alpha value is -0.120. The molecule has 1 spiro atoms. The second-order valence-corrected chi connectivity index (χ2v) is 3.77. The van der Waals surface area contributed by atoms with Gasteiger partial charge in [-0.05, 0) is 13.3 Å². The van der Waals surface area contributed by atoms with Gasteiger partial charge in [0, 0.05) is 25.4 Å². The Morgan fingerprint density at radius 3 is 2.75 bits per heavy atom. The number of rotatable bonds is 0. The van der Waals surface area contributed by atoms with Gasteiger partial charge < -0.3 is 14.8 Å².